The summed E-state index contributed by atoms with van der Waals surface area (Å²) in [6.07, 6.45) is 4.38. The molecule has 0 aliphatic carbocycles. The normalized spacial score (nSPS) is 10.6. The zero-order valence-corrected chi connectivity index (χ0v) is 12.2. The fourth-order valence-corrected chi connectivity index (χ4v) is 2.58. The van der Waals surface area contributed by atoms with Gasteiger partial charge in [0.1, 0.15) is 0 Å². The number of imidazole rings is 1. The Balaban J connectivity index is 2.37. The Morgan fingerprint density at radius 1 is 1.05 bits per heavy atom. The van der Waals surface area contributed by atoms with Crippen LogP contribution in [0.4, 0.5) is 0 Å². The number of rotatable bonds is 4. The van der Waals surface area contributed by atoms with Gasteiger partial charge in [0.15, 0.2) is 12.0 Å². The minimum atomic E-state index is -0.220. The van der Waals surface area contributed by atoms with Gasteiger partial charge in [0.2, 0.25) is 0 Å². The fourth-order valence-electron chi connectivity index (χ4n) is 2.58. The van der Waals surface area contributed by atoms with E-state index < -0.39 is 0 Å². The van der Waals surface area contributed by atoms with Gasteiger partial charge in [-0.1, -0.05) is 24.3 Å². The molecule has 1 aromatic carbocycles. The molecule has 2 aromatic heterocycles. The molecule has 3 aromatic rings. The Labute approximate surface area is 127 Å². The van der Waals surface area contributed by atoms with Crippen LogP contribution in [0, 0.1) is 0 Å². The lowest BCUT2D eigenvalue weighted by atomic mass is 10.3. The molecule has 0 spiro atoms. The van der Waals surface area contributed by atoms with Crippen molar-refractivity contribution in [1.82, 2.24) is 9.13 Å². The van der Waals surface area contributed by atoms with E-state index in [0.717, 1.165) is 6.29 Å². The van der Waals surface area contributed by atoms with Gasteiger partial charge < -0.3 is 0 Å². The van der Waals surface area contributed by atoms with Crippen LogP contribution in [0.2, 0.25) is 0 Å². The number of carbonyl (C=O) groups is 1. The van der Waals surface area contributed by atoms with Crippen molar-refractivity contribution in [2.24, 2.45) is 0 Å². The molecule has 0 bridgehead atoms. The second-order valence-electron chi connectivity index (χ2n) is 4.81. The molecule has 0 saturated heterocycles. The first-order valence-corrected chi connectivity index (χ1v) is 7.10. The topological polar surface area (TPSA) is 47.9 Å². The molecule has 0 aliphatic rings. The Morgan fingerprint density at radius 3 is 2.27 bits per heavy atom. The molecule has 0 amide bonds. The highest BCUT2D eigenvalue weighted by Gasteiger charge is 2.28. The summed E-state index contributed by atoms with van der Waals surface area (Å²) in [5, 5.41) is 0. The number of para-hydroxylation sites is 1. The fraction of sp³-hybridized carbons (Fsp3) is 0.118. The highest BCUT2D eigenvalue weighted by molar-refractivity contribution is 5.77. The Kier molecular flexibility index (Phi) is 3.70. The van der Waals surface area contributed by atoms with Crippen LogP contribution in [0.3, 0.4) is 0 Å². The summed E-state index contributed by atoms with van der Waals surface area (Å²) in [6.45, 7) is 2.37. The molecule has 0 unspecified atom stereocenters. The number of hydrogen-bond acceptors (Lipinski definition) is 2. The molecule has 2 heterocycles. The van der Waals surface area contributed by atoms with E-state index in [0.29, 0.717) is 23.7 Å². The summed E-state index contributed by atoms with van der Waals surface area (Å²) in [5.74, 6) is 0.576. The van der Waals surface area contributed by atoms with Gasteiger partial charge >= 0.3 is 11.5 Å². The maximum absolute atomic E-state index is 12.7. The van der Waals surface area contributed by atoms with Crippen molar-refractivity contribution in [3.8, 4) is 11.5 Å². The van der Waals surface area contributed by atoms with Crippen LogP contribution in [-0.2, 0) is 6.54 Å². The number of benzene rings is 1. The monoisotopic (exact) mass is 294 g/mol. The van der Waals surface area contributed by atoms with Crippen molar-refractivity contribution in [3.63, 3.8) is 0 Å². The van der Waals surface area contributed by atoms with E-state index in [1.54, 1.807) is 9.13 Å². The number of pyridine rings is 1. The third-order valence-corrected chi connectivity index (χ3v) is 3.55. The second kappa shape index (κ2) is 5.81. The van der Waals surface area contributed by atoms with Crippen molar-refractivity contribution in [1.29, 1.82) is 0 Å². The predicted molar refractivity (Wildman–Crippen MR) is 82.6 cm³/mol. The standard InChI is InChI=1S/C17H16N3O2/c1-2-19-16(18-11-7-4-8-12-18)15(13-21)20(17(19)22)14-9-5-3-6-10-14/h3-13H,2H2,1H3/q+1. The number of hydrogen-bond donors (Lipinski definition) is 0. The van der Waals surface area contributed by atoms with Crippen LogP contribution in [0.1, 0.15) is 17.4 Å². The largest absolute Gasteiger partial charge is 0.420 e. The van der Waals surface area contributed by atoms with Crippen LogP contribution in [-0.4, -0.2) is 15.4 Å². The van der Waals surface area contributed by atoms with Gasteiger partial charge in [-0.25, -0.2) is 13.9 Å². The average Bonchev–Trinajstić information content (AvgIpc) is 2.88. The van der Waals surface area contributed by atoms with Crippen LogP contribution in [0.5, 0.6) is 0 Å². The first kappa shape index (κ1) is 14.0. The summed E-state index contributed by atoms with van der Waals surface area (Å²) < 4.78 is 4.83. The molecule has 5 nitrogen and oxygen atoms in total. The van der Waals surface area contributed by atoms with Crippen LogP contribution in [0.25, 0.3) is 11.5 Å². The summed E-state index contributed by atoms with van der Waals surface area (Å²) in [5.41, 5.74) is 0.802. The maximum Gasteiger partial charge on any atom is 0.420 e. The molecule has 3 rings (SSSR count). The van der Waals surface area contributed by atoms with Gasteiger partial charge in [-0.15, -0.1) is 0 Å². The van der Waals surface area contributed by atoms with E-state index in [-0.39, 0.29) is 5.69 Å². The zero-order chi connectivity index (χ0) is 15.5. The predicted octanol–water partition coefficient (Wildman–Crippen LogP) is 1.75. The van der Waals surface area contributed by atoms with Gasteiger partial charge in [0.25, 0.3) is 0 Å². The van der Waals surface area contributed by atoms with Gasteiger partial charge in [-0.3, -0.25) is 4.79 Å². The molecule has 0 saturated carbocycles. The number of aldehydes is 1. The summed E-state index contributed by atoms with van der Waals surface area (Å²) in [7, 11) is 0. The molecular formula is C17H16N3O2+. The van der Waals surface area contributed by atoms with E-state index in [1.807, 2.05) is 67.8 Å². The molecule has 0 aliphatic heterocycles. The minimum absolute atomic E-state index is 0.220. The van der Waals surface area contributed by atoms with Gasteiger partial charge in [-0.2, -0.15) is 4.57 Å². The number of nitrogens with zero attached hydrogens (tertiary/aromatic N) is 3. The first-order chi connectivity index (χ1) is 10.8. The third kappa shape index (κ3) is 2.16. The van der Waals surface area contributed by atoms with E-state index >= 15 is 0 Å². The molecule has 110 valence electrons. The van der Waals surface area contributed by atoms with E-state index in [9.17, 15) is 9.59 Å². The molecule has 0 N–H and O–H groups in total. The molecule has 5 heteroatoms. The van der Waals surface area contributed by atoms with E-state index in [4.69, 9.17) is 0 Å². The van der Waals surface area contributed by atoms with Gasteiger partial charge in [-0.05, 0) is 31.2 Å². The quantitative estimate of drug-likeness (QED) is 0.543. The zero-order valence-electron chi connectivity index (χ0n) is 12.2. The highest BCUT2D eigenvalue weighted by Crippen LogP contribution is 2.12. The minimum Gasteiger partial charge on any atom is -0.296 e. The highest BCUT2D eigenvalue weighted by atomic mass is 16.2. The van der Waals surface area contributed by atoms with Crippen molar-refractivity contribution >= 4 is 6.29 Å². The van der Waals surface area contributed by atoms with Crippen molar-refractivity contribution in [3.05, 3.63) is 77.1 Å². The lowest BCUT2D eigenvalue weighted by Gasteiger charge is -2.01. The second-order valence-corrected chi connectivity index (χ2v) is 4.81. The van der Waals surface area contributed by atoms with Crippen LogP contribution >= 0.6 is 0 Å². The summed E-state index contributed by atoms with van der Waals surface area (Å²) in [6, 6.07) is 14.8. The van der Waals surface area contributed by atoms with E-state index in [1.165, 1.54) is 4.57 Å². The van der Waals surface area contributed by atoms with Gasteiger partial charge in [0, 0.05) is 0 Å². The maximum atomic E-state index is 12.7. The molecule has 22 heavy (non-hydrogen) atoms. The van der Waals surface area contributed by atoms with Crippen LogP contribution in [0.15, 0.2) is 65.7 Å². The summed E-state index contributed by atoms with van der Waals surface area (Å²) >= 11 is 0. The SMILES string of the molecule is CCn1c(-[n+]2ccccc2)c(C=O)n(-c2ccccc2)c1=O. The summed E-state index contributed by atoms with van der Waals surface area (Å²) in [4.78, 5) is 24.4. The number of aromatic nitrogens is 3. The number of carbonyl (C=O) groups excluding carboxylic acids is 1. The molecule has 0 atom stereocenters. The molecule has 0 fully saturated rings. The average molecular weight is 294 g/mol. The lowest BCUT2D eigenvalue weighted by molar-refractivity contribution is -0.601. The Bertz CT molecular complexity index is 849. The first-order valence-electron chi connectivity index (χ1n) is 7.10. The Morgan fingerprint density at radius 2 is 1.68 bits per heavy atom. The Hall–Kier alpha value is -2.95. The van der Waals surface area contributed by atoms with E-state index in [2.05, 4.69) is 0 Å². The molecular weight excluding hydrogens is 278 g/mol. The van der Waals surface area contributed by atoms with Crippen molar-refractivity contribution in [2.75, 3.05) is 0 Å². The molecule has 0 radical (unpaired) electrons. The smallest absolute Gasteiger partial charge is 0.296 e. The van der Waals surface area contributed by atoms with Crippen molar-refractivity contribution in [2.45, 2.75) is 13.5 Å². The lowest BCUT2D eigenvalue weighted by Crippen LogP contribution is -2.35. The van der Waals surface area contributed by atoms with Crippen LogP contribution < -0.4 is 10.3 Å². The van der Waals surface area contributed by atoms with Gasteiger partial charge in [0.05, 0.1) is 24.6 Å². The van der Waals surface area contributed by atoms with Crippen molar-refractivity contribution < 1.29 is 9.36 Å². The third-order valence-electron chi connectivity index (χ3n) is 3.55.